The number of carbonyl (C=O) groups excluding carboxylic acids is 1. The number of amides is 2. The summed E-state index contributed by atoms with van der Waals surface area (Å²) in [6, 6.07) is 6.67. The SMILES string of the molecule is CC(C)NC(=O)N1CCCC(c2nnc(-c3ccccc3F)s2)C1. The summed E-state index contributed by atoms with van der Waals surface area (Å²) in [7, 11) is 0. The highest BCUT2D eigenvalue weighted by Crippen LogP contribution is 2.33. The number of piperidine rings is 1. The third kappa shape index (κ3) is 3.72. The van der Waals surface area contributed by atoms with Crippen molar-refractivity contribution in [2.24, 2.45) is 0 Å². The van der Waals surface area contributed by atoms with Gasteiger partial charge >= 0.3 is 6.03 Å². The Hall–Kier alpha value is -2.02. The predicted molar refractivity (Wildman–Crippen MR) is 92.5 cm³/mol. The number of carbonyl (C=O) groups is 1. The minimum absolute atomic E-state index is 0.0338. The lowest BCUT2D eigenvalue weighted by molar-refractivity contribution is 0.177. The van der Waals surface area contributed by atoms with Crippen LogP contribution in [0.5, 0.6) is 0 Å². The zero-order valence-electron chi connectivity index (χ0n) is 13.8. The third-order valence-electron chi connectivity index (χ3n) is 4.01. The lowest BCUT2D eigenvalue weighted by atomic mass is 9.99. The summed E-state index contributed by atoms with van der Waals surface area (Å²) >= 11 is 1.41. The van der Waals surface area contributed by atoms with Gasteiger partial charge in [-0.2, -0.15) is 0 Å². The molecule has 128 valence electrons. The maximum Gasteiger partial charge on any atom is 0.317 e. The van der Waals surface area contributed by atoms with Gasteiger partial charge in [0.1, 0.15) is 10.8 Å². The molecule has 2 heterocycles. The Morgan fingerprint density at radius 3 is 2.92 bits per heavy atom. The summed E-state index contributed by atoms with van der Waals surface area (Å²) in [5.41, 5.74) is 0.478. The smallest absolute Gasteiger partial charge is 0.317 e. The van der Waals surface area contributed by atoms with Crippen molar-refractivity contribution in [1.29, 1.82) is 0 Å². The zero-order valence-corrected chi connectivity index (χ0v) is 14.6. The van der Waals surface area contributed by atoms with E-state index < -0.39 is 0 Å². The van der Waals surface area contributed by atoms with Crippen LogP contribution in [-0.2, 0) is 0 Å². The molecule has 0 saturated carbocycles. The first-order valence-corrected chi connectivity index (χ1v) is 9.00. The highest BCUT2D eigenvalue weighted by Gasteiger charge is 2.27. The molecule has 1 aliphatic rings. The van der Waals surface area contributed by atoms with Crippen molar-refractivity contribution < 1.29 is 9.18 Å². The third-order valence-corrected chi connectivity index (χ3v) is 5.13. The van der Waals surface area contributed by atoms with E-state index in [1.165, 1.54) is 17.4 Å². The Labute approximate surface area is 144 Å². The fraction of sp³-hybridized carbons (Fsp3) is 0.471. The van der Waals surface area contributed by atoms with Gasteiger partial charge in [-0.3, -0.25) is 0 Å². The monoisotopic (exact) mass is 348 g/mol. The Bertz CT molecular complexity index is 718. The number of halogens is 1. The number of urea groups is 1. The number of nitrogens with one attached hydrogen (secondary N) is 1. The van der Waals surface area contributed by atoms with Crippen molar-refractivity contribution in [2.45, 2.75) is 38.6 Å². The molecule has 0 radical (unpaired) electrons. The average Bonchev–Trinajstić information content (AvgIpc) is 3.04. The Morgan fingerprint density at radius 2 is 2.17 bits per heavy atom. The van der Waals surface area contributed by atoms with Crippen LogP contribution < -0.4 is 5.32 Å². The van der Waals surface area contributed by atoms with Crippen LogP contribution in [0, 0.1) is 5.82 Å². The summed E-state index contributed by atoms with van der Waals surface area (Å²) < 4.78 is 13.9. The quantitative estimate of drug-likeness (QED) is 0.921. The van der Waals surface area contributed by atoms with E-state index in [9.17, 15) is 9.18 Å². The molecule has 7 heteroatoms. The van der Waals surface area contributed by atoms with Gasteiger partial charge in [-0.25, -0.2) is 9.18 Å². The number of rotatable bonds is 3. The van der Waals surface area contributed by atoms with Gasteiger partial charge in [-0.05, 0) is 38.8 Å². The first-order chi connectivity index (χ1) is 11.5. The molecule has 2 aromatic rings. The van der Waals surface area contributed by atoms with E-state index in [-0.39, 0.29) is 23.8 Å². The molecule has 0 bridgehead atoms. The van der Waals surface area contributed by atoms with Gasteiger partial charge < -0.3 is 10.2 Å². The van der Waals surface area contributed by atoms with Crippen molar-refractivity contribution >= 4 is 17.4 Å². The lowest BCUT2D eigenvalue weighted by Gasteiger charge is -2.32. The number of nitrogens with zero attached hydrogens (tertiary/aromatic N) is 3. The number of hydrogen-bond donors (Lipinski definition) is 1. The molecule has 1 aromatic carbocycles. The van der Waals surface area contributed by atoms with Gasteiger partial charge in [-0.1, -0.05) is 23.5 Å². The van der Waals surface area contributed by atoms with E-state index in [4.69, 9.17) is 0 Å². The van der Waals surface area contributed by atoms with Crippen molar-refractivity contribution in [1.82, 2.24) is 20.4 Å². The predicted octanol–water partition coefficient (Wildman–Crippen LogP) is 3.64. The molecule has 0 aliphatic carbocycles. The van der Waals surface area contributed by atoms with Gasteiger partial charge in [0.2, 0.25) is 0 Å². The topological polar surface area (TPSA) is 58.1 Å². The molecule has 1 fully saturated rings. The van der Waals surface area contributed by atoms with E-state index in [0.29, 0.717) is 17.1 Å². The molecular weight excluding hydrogens is 327 g/mol. The fourth-order valence-electron chi connectivity index (χ4n) is 2.84. The van der Waals surface area contributed by atoms with Crippen LogP contribution in [0.2, 0.25) is 0 Å². The van der Waals surface area contributed by atoms with Gasteiger partial charge in [-0.15, -0.1) is 10.2 Å². The van der Waals surface area contributed by atoms with Crippen LogP contribution in [0.25, 0.3) is 10.6 Å². The summed E-state index contributed by atoms with van der Waals surface area (Å²) in [4.78, 5) is 14.0. The Balaban J connectivity index is 1.73. The lowest BCUT2D eigenvalue weighted by Crippen LogP contribution is -2.46. The largest absolute Gasteiger partial charge is 0.336 e. The first-order valence-electron chi connectivity index (χ1n) is 8.18. The van der Waals surface area contributed by atoms with Crippen molar-refractivity contribution in [3.8, 4) is 10.6 Å². The number of hydrogen-bond acceptors (Lipinski definition) is 4. The fourth-order valence-corrected chi connectivity index (χ4v) is 3.84. The van der Waals surface area contributed by atoms with Gasteiger partial charge in [0.15, 0.2) is 5.01 Å². The molecule has 1 aromatic heterocycles. The normalized spacial score (nSPS) is 18.0. The Kier molecular flexibility index (Phi) is 5.08. The molecule has 1 atom stereocenters. The highest BCUT2D eigenvalue weighted by atomic mass is 32.1. The maximum atomic E-state index is 13.9. The van der Waals surface area contributed by atoms with Gasteiger partial charge in [0, 0.05) is 30.6 Å². The standard InChI is InChI=1S/C17H21FN4OS/c1-11(2)19-17(23)22-9-5-6-12(10-22)15-20-21-16(24-15)13-7-3-4-8-14(13)18/h3-4,7-8,11-12H,5-6,9-10H2,1-2H3,(H,19,23). The minimum atomic E-state index is -0.290. The summed E-state index contributed by atoms with van der Waals surface area (Å²) in [5, 5.41) is 12.8. The van der Waals surface area contributed by atoms with E-state index in [1.54, 1.807) is 18.2 Å². The molecule has 2 amide bonds. The maximum absolute atomic E-state index is 13.9. The Morgan fingerprint density at radius 1 is 1.38 bits per heavy atom. The minimum Gasteiger partial charge on any atom is -0.336 e. The molecule has 1 aliphatic heterocycles. The molecular formula is C17H21FN4OS. The zero-order chi connectivity index (χ0) is 17.1. The van der Waals surface area contributed by atoms with Gasteiger partial charge in [0.25, 0.3) is 0 Å². The molecule has 1 N–H and O–H groups in total. The first kappa shape index (κ1) is 16.8. The molecule has 5 nitrogen and oxygen atoms in total. The summed E-state index contributed by atoms with van der Waals surface area (Å²) in [6.07, 6.45) is 1.90. The van der Waals surface area contributed by atoms with E-state index in [2.05, 4.69) is 15.5 Å². The van der Waals surface area contributed by atoms with Crippen LogP contribution in [0.15, 0.2) is 24.3 Å². The average molecular weight is 348 g/mol. The van der Waals surface area contributed by atoms with Crippen LogP contribution in [0.1, 0.15) is 37.6 Å². The second-order valence-corrected chi connectivity index (χ2v) is 7.32. The van der Waals surface area contributed by atoms with Gasteiger partial charge in [0.05, 0.1) is 0 Å². The van der Waals surface area contributed by atoms with E-state index in [0.717, 1.165) is 24.4 Å². The summed E-state index contributed by atoms with van der Waals surface area (Å²) in [6.45, 7) is 5.29. The molecule has 1 unspecified atom stereocenters. The number of aromatic nitrogens is 2. The van der Waals surface area contributed by atoms with Crippen LogP contribution in [0.4, 0.5) is 9.18 Å². The van der Waals surface area contributed by atoms with Crippen molar-refractivity contribution in [3.05, 3.63) is 35.1 Å². The van der Waals surface area contributed by atoms with Crippen molar-refractivity contribution in [3.63, 3.8) is 0 Å². The van der Waals surface area contributed by atoms with Crippen LogP contribution in [0.3, 0.4) is 0 Å². The molecule has 1 saturated heterocycles. The summed E-state index contributed by atoms with van der Waals surface area (Å²) in [5.74, 6) is -0.128. The molecule has 3 rings (SSSR count). The highest BCUT2D eigenvalue weighted by molar-refractivity contribution is 7.14. The second-order valence-electron chi connectivity index (χ2n) is 6.31. The number of benzene rings is 1. The van der Waals surface area contributed by atoms with Crippen LogP contribution >= 0.6 is 11.3 Å². The second kappa shape index (κ2) is 7.25. The van der Waals surface area contributed by atoms with E-state index >= 15 is 0 Å². The van der Waals surface area contributed by atoms with E-state index in [1.807, 2.05) is 18.7 Å². The van der Waals surface area contributed by atoms with Crippen molar-refractivity contribution in [2.75, 3.05) is 13.1 Å². The van der Waals surface area contributed by atoms with Crippen LogP contribution in [-0.4, -0.2) is 40.3 Å². The molecule has 0 spiro atoms. The molecule has 24 heavy (non-hydrogen) atoms. The number of likely N-dealkylation sites (tertiary alicyclic amines) is 1.